The summed E-state index contributed by atoms with van der Waals surface area (Å²) < 4.78 is 10.1. The number of nitrogens with two attached hydrogens (primary N) is 1. The van der Waals surface area contributed by atoms with Gasteiger partial charge in [0.05, 0.1) is 26.0 Å². The SMILES string of the molecule is COc1ncc(OC)c(C2(N)CC2)n1. The van der Waals surface area contributed by atoms with E-state index < -0.39 is 0 Å². The van der Waals surface area contributed by atoms with E-state index in [1.165, 1.54) is 7.11 Å². The second-order valence-electron chi connectivity index (χ2n) is 3.43. The lowest BCUT2D eigenvalue weighted by atomic mass is 10.2. The molecule has 14 heavy (non-hydrogen) atoms. The molecule has 1 saturated carbocycles. The van der Waals surface area contributed by atoms with Gasteiger partial charge in [-0.3, -0.25) is 0 Å². The van der Waals surface area contributed by atoms with Crippen LogP contribution in [0.25, 0.3) is 0 Å². The van der Waals surface area contributed by atoms with Crippen LogP contribution < -0.4 is 15.2 Å². The molecule has 1 aliphatic carbocycles. The lowest BCUT2D eigenvalue weighted by Gasteiger charge is -2.12. The molecule has 76 valence electrons. The van der Waals surface area contributed by atoms with Crippen LogP contribution in [0.15, 0.2) is 6.20 Å². The minimum absolute atomic E-state index is 0.331. The molecule has 0 spiro atoms. The van der Waals surface area contributed by atoms with E-state index in [2.05, 4.69) is 9.97 Å². The van der Waals surface area contributed by atoms with Gasteiger partial charge in [-0.05, 0) is 12.8 Å². The number of hydrogen-bond donors (Lipinski definition) is 1. The smallest absolute Gasteiger partial charge is 0.316 e. The molecule has 0 atom stereocenters. The van der Waals surface area contributed by atoms with E-state index in [-0.39, 0.29) is 5.54 Å². The fourth-order valence-electron chi connectivity index (χ4n) is 1.33. The zero-order valence-electron chi connectivity index (χ0n) is 8.28. The van der Waals surface area contributed by atoms with Gasteiger partial charge in [0.1, 0.15) is 5.69 Å². The summed E-state index contributed by atoms with van der Waals surface area (Å²) >= 11 is 0. The summed E-state index contributed by atoms with van der Waals surface area (Å²) in [4.78, 5) is 8.17. The van der Waals surface area contributed by atoms with Gasteiger partial charge in [0.15, 0.2) is 5.75 Å². The highest BCUT2D eigenvalue weighted by Gasteiger charge is 2.44. The van der Waals surface area contributed by atoms with E-state index in [1.54, 1.807) is 13.3 Å². The van der Waals surface area contributed by atoms with Crippen molar-refractivity contribution in [2.75, 3.05) is 14.2 Å². The van der Waals surface area contributed by atoms with E-state index in [9.17, 15) is 0 Å². The van der Waals surface area contributed by atoms with E-state index >= 15 is 0 Å². The van der Waals surface area contributed by atoms with Crippen LogP contribution in [-0.4, -0.2) is 24.2 Å². The largest absolute Gasteiger partial charge is 0.493 e. The molecule has 0 amide bonds. The van der Waals surface area contributed by atoms with Crippen LogP contribution in [0.5, 0.6) is 11.8 Å². The summed E-state index contributed by atoms with van der Waals surface area (Å²) in [6.07, 6.45) is 3.46. The number of hydrogen-bond acceptors (Lipinski definition) is 5. The van der Waals surface area contributed by atoms with Crippen molar-refractivity contribution in [1.82, 2.24) is 9.97 Å². The first-order chi connectivity index (χ1) is 6.69. The van der Waals surface area contributed by atoms with Crippen LogP contribution in [0.4, 0.5) is 0 Å². The van der Waals surface area contributed by atoms with Crippen LogP contribution >= 0.6 is 0 Å². The quantitative estimate of drug-likeness (QED) is 0.757. The first kappa shape index (κ1) is 9.21. The Morgan fingerprint density at radius 1 is 1.36 bits per heavy atom. The molecule has 0 aliphatic heterocycles. The molecule has 1 heterocycles. The first-order valence-corrected chi connectivity index (χ1v) is 4.44. The highest BCUT2D eigenvalue weighted by molar-refractivity contribution is 5.36. The molecule has 0 aromatic carbocycles. The summed E-state index contributed by atoms with van der Waals surface area (Å²) in [5.74, 6) is 0.630. The Bertz CT molecular complexity index is 350. The fourth-order valence-corrected chi connectivity index (χ4v) is 1.33. The third-order valence-electron chi connectivity index (χ3n) is 2.40. The normalized spacial score (nSPS) is 17.6. The zero-order valence-corrected chi connectivity index (χ0v) is 8.28. The fraction of sp³-hybridized carbons (Fsp3) is 0.556. The Hall–Kier alpha value is -1.36. The number of nitrogens with zero attached hydrogens (tertiary/aromatic N) is 2. The molecule has 1 aromatic heterocycles. The molecule has 1 aliphatic rings. The summed E-state index contributed by atoms with van der Waals surface area (Å²) in [5.41, 5.74) is 6.45. The van der Waals surface area contributed by atoms with Crippen molar-refractivity contribution in [1.29, 1.82) is 0 Å². The predicted octanol–water partition coefficient (Wildman–Crippen LogP) is 0.442. The second-order valence-corrected chi connectivity index (χ2v) is 3.43. The highest BCUT2D eigenvalue weighted by atomic mass is 16.5. The van der Waals surface area contributed by atoms with Crippen LogP contribution in [0, 0.1) is 0 Å². The van der Waals surface area contributed by atoms with Gasteiger partial charge in [-0.25, -0.2) is 0 Å². The van der Waals surface area contributed by atoms with Crippen LogP contribution in [0.3, 0.4) is 0 Å². The predicted molar refractivity (Wildman–Crippen MR) is 50.2 cm³/mol. The number of aromatic nitrogens is 2. The molecular weight excluding hydrogens is 182 g/mol. The third-order valence-corrected chi connectivity index (χ3v) is 2.40. The molecule has 0 saturated heterocycles. The van der Waals surface area contributed by atoms with Gasteiger partial charge in [0.25, 0.3) is 0 Å². The Kier molecular flexibility index (Phi) is 2.03. The van der Waals surface area contributed by atoms with Crippen molar-refractivity contribution in [2.45, 2.75) is 18.4 Å². The molecule has 0 unspecified atom stereocenters. The molecule has 2 rings (SSSR count). The van der Waals surface area contributed by atoms with Crippen molar-refractivity contribution < 1.29 is 9.47 Å². The molecule has 5 nitrogen and oxygen atoms in total. The van der Waals surface area contributed by atoms with Crippen molar-refractivity contribution in [3.05, 3.63) is 11.9 Å². The summed E-state index contributed by atoms with van der Waals surface area (Å²) in [5, 5.41) is 0. The van der Waals surface area contributed by atoms with Gasteiger partial charge in [-0.1, -0.05) is 0 Å². The molecule has 1 fully saturated rings. The van der Waals surface area contributed by atoms with Crippen molar-refractivity contribution >= 4 is 0 Å². The summed E-state index contributed by atoms with van der Waals surface area (Å²) in [6, 6.07) is 0.331. The van der Waals surface area contributed by atoms with E-state index in [0.29, 0.717) is 11.8 Å². The minimum atomic E-state index is -0.332. The number of rotatable bonds is 3. The van der Waals surface area contributed by atoms with Crippen molar-refractivity contribution in [3.8, 4) is 11.8 Å². The number of ether oxygens (including phenoxy) is 2. The minimum Gasteiger partial charge on any atom is -0.493 e. The van der Waals surface area contributed by atoms with E-state index in [4.69, 9.17) is 15.2 Å². The van der Waals surface area contributed by atoms with Gasteiger partial charge in [0, 0.05) is 0 Å². The van der Waals surface area contributed by atoms with Crippen molar-refractivity contribution in [2.24, 2.45) is 5.73 Å². The van der Waals surface area contributed by atoms with Gasteiger partial charge in [-0.15, -0.1) is 0 Å². The molecule has 0 bridgehead atoms. The maximum absolute atomic E-state index is 6.04. The molecule has 0 radical (unpaired) electrons. The van der Waals surface area contributed by atoms with Crippen LogP contribution in [0.2, 0.25) is 0 Å². The van der Waals surface area contributed by atoms with Gasteiger partial charge >= 0.3 is 6.01 Å². The summed E-state index contributed by atoms with van der Waals surface area (Å²) in [6.45, 7) is 0. The van der Waals surface area contributed by atoms with Gasteiger partial charge in [0.2, 0.25) is 0 Å². The standard InChI is InChI=1S/C9H13N3O2/c1-13-6-5-11-8(14-2)12-7(6)9(10)3-4-9/h5H,3-4,10H2,1-2H3. The maximum atomic E-state index is 6.04. The maximum Gasteiger partial charge on any atom is 0.316 e. The van der Waals surface area contributed by atoms with Gasteiger partial charge < -0.3 is 15.2 Å². The topological polar surface area (TPSA) is 70.3 Å². The number of methoxy groups -OCH3 is 2. The van der Waals surface area contributed by atoms with Crippen LogP contribution in [0.1, 0.15) is 18.5 Å². The van der Waals surface area contributed by atoms with Gasteiger partial charge in [-0.2, -0.15) is 9.97 Å². The van der Waals surface area contributed by atoms with Crippen molar-refractivity contribution in [3.63, 3.8) is 0 Å². The lowest BCUT2D eigenvalue weighted by molar-refractivity contribution is 0.360. The zero-order chi connectivity index (χ0) is 10.2. The van der Waals surface area contributed by atoms with E-state index in [1.807, 2.05) is 0 Å². The first-order valence-electron chi connectivity index (χ1n) is 4.44. The molecule has 5 heteroatoms. The Morgan fingerprint density at radius 3 is 2.57 bits per heavy atom. The van der Waals surface area contributed by atoms with Crippen LogP contribution in [-0.2, 0) is 5.54 Å². The monoisotopic (exact) mass is 195 g/mol. The highest BCUT2D eigenvalue weighted by Crippen LogP contribution is 2.45. The second kappa shape index (κ2) is 3.09. The summed E-state index contributed by atoms with van der Waals surface area (Å²) in [7, 11) is 3.11. The third kappa shape index (κ3) is 1.39. The van der Waals surface area contributed by atoms with E-state index in [0.717, 1.165) is 18.5 Å². The average molecular weight is 195 g/mol. The molecular formula is C9H13N3O2. The lowest BCUT2D eigenvalue weighted by Crippen LogP contribution is -2.21. The molecule has 1 aromatic rings. The average Bonchev–Trinajstić information content (AvgIpc) is 2.97. The molecule has 2 N–H and O–H groups in total. The Morgan fingerprint density at radius 2 is 2.07 bits per heavy atom. The Labute approximate surface area is 82.3 Å². The Balaban J connectivity index is 2.43.